The van der Waals surface area contributed by atoms with Gasteiger partial charge in [0.05, 0.1) is 54.0 Å². The summed E-state index contributed by atoms with van der Waals surface area (Å²) in [5.41, 5.74) is 12.7. The fraction of sp³-hybridized carbons (Fsp3) is 0.393. The molecule has 2 aliphatic heterocycles. The molecule has 388 valence electrons. The molecule has 3 atom stereocenters. The lowest BCUT2D eigenvalue weighted by atomic mass is 9.76. The Morgan fingerprint density at radius 1 is 0.671 bits per heavy atom. The molecular formula is C56H68Cl2N8O5S2. The van der Waals surface area contributed by atoms with E-state index in [1.54, 1.807) is 21.3 Å². The third kappa shape index (κ3) is 12.8. The number of aryl methyl sites for hydroxylation is 2. The van der Waals surface area contributed by atoms with Gasteiger partial charge in [-0.25, -0.2) is 35.4 Å². The van der Waals surface area contributed by atoms with E-state index in [0.717, 1.165) is 82.6 Å². The predicted octanol–water partition coefficient (Wildman–Crippen LogP) is 11.1. The fourth-order valence-corrected chi connectivity index (χ4v) is 13.0. The predicted molar refractivity (Wildman–Crippen MR) is 297 cm³/mol. The maximum atomic E-state index is 12.1. The first-order chi connectivity index (χ1) is 34.0. The first kappa shape index (κ1) is 55.5. The third-order valence-corrected chi connectivity index (χ3v) is 17.4. The summed E-state index contributed by atoms with van der Waals surface area (Å²) in [7, 11) is -2.53. The standard InChI is InChI=1S/C27H31ClN4O3S.C27H29ClN4O2S.2CH4/c1-31-16-24(30-17-31)25(33)8-5-19-14-20-15-21(28)6-7-22(20)26(27-23(19)4-3-11-29-27)18-9-12-32(13-10-18)36(2,34)35;1-31-17-23(30-18-31)6-3-5-20-15-21-16-22(28)8-9-24(21)26(27-25(20)7-4-12-29-27)19-10-13-32(14-11-19)35(2,33)34;;/h3-4,6-7,11,14-18,25-26,33H,5,8-10,12-13H2,1-2H3;3-4,6-9,12,15-19,26H,5,10-11,13-14H2,1-2H3;2*1H4/b;6-3+;;. The summed E-state index contributed by atoms with van der Waals surface area (Å²) >= 11 is 12.9. The van der Waals surface area contributed by atoms with Crippen molar-refractivity contribution in [1.82, 2.24) is 37.7 Å². The fourth-order valence-electron chi connectivity index (χ4n) is 10.9. The van der Waals surface area contributed by atoms with Crippen molar-refractivity contribution in [1.29, 1.82) is 0 Å². The molecule has 2 saturated heterocycles. The van der Waals surface area contributed by atoms with Crippen LogP contribution in [0.25, 0.3) is 29.4 Å². The van der Waals surface area contributed by atoms with Gasteiger partial charge in [-0.3, -0.25) is 9.97 Å². The minimum atomic E-state index is -3.20. The number of pyridine rings is 2. The Labute approximate surface area is 442 Å². The van der Waals surface area contributed by atoms with Gasteiger partial charge in [-0.1, -0.05) is 80.5 Å². The Morgan fingerprint density at radius 3 is 1.62 bits per heavy atom. The number of aliphatic hydroxyl groups excluding tert-OH is 1. The Balaban J connectivity index is 0.000000208. The number of allylic oxidation sites excluding steroid dienone is 3. The van der Waals surface area contributed by atoms with Crippen molar-refractivity contribution in [2.45, 2.75) is 77.7 Å². The summed E-state index contributed by atoms with van der Waals surface area (Å²) < 4.78 is 55.3. The van der Waals surface area contributed by atoms with E-state index in [1.807, 2.05) is 90.5 Å². The number of halogens is 2. The summed E-state index contributed by atoms with van der Waals surface area (Å²) in [6.45, 7) is 2.11. The summed E-state index contributed by atoms with van der Waals surface area (Å²) in [4.78, 5) is 18.5. The van der Waals surface area contributed by atoms with E-state index < -0.39 is 26.2 Å². The number of fused-ring (bicyclic) bond motifs is 4. The maximum absolute atomic E-state index is 12.1. The lowest BCUT2D eigenvalue weighted by Crippen LogP contribution is -2.39. The van der Waals surface area contributed by atoms with Crippen molar-refractivity contribution in [3.8, 4) is 0 Å². The number of nitrogens with zero attached hydrogens (tertiary/aromatic N) is 8. The zero-order chi connectivity index (χ0) is 50.0. The van der Waals surface area contributed by atoms with Gasteiger partial charge in [-0.05, 0) is 138 Å². The third-order valence-electron chi connectivity index (χ3n) is 14.4. The van der Waals surface area contributed by atoms with E-state index >= 15 is 0 Å². The number of benzene rings is 2. The number of rotatable bonds is 11. The van der Waals surface area contributed by atoms with Gasteiger partial charge in [0.1, 0.15) is 0 Å². The highest BCUT2D eigenvalue weighted by atomic mass is 35.5. The molecule has 3 unspecified atom stereocenters. The monoisotopic (exact) mass is 1070 g/mol. The second-order valence-electron chi connectivity index (χ2n) is 19.3. The number of imidazole rings is 2. The van der Waals surface area contributed by atoms with Crippen LogP contribution in [-0.4, -0.2) is 98.3 Å². The number of aromatic nitrogens is 6. The van der Waals surface area contributed by atoms with Gasteiger partial charge in [-0.2, -0.15) is 0 Å². The van der Waals surface area contributed by atoms with Crippen LogP contribution in [0, 0.1) is 11.8 Å². The van der Waals surface area contributed by atoms with Gasteiger partial charge in [0.2, 0.25) is 20.0 Å². The lowest BCUT2D eigenvalue weighted by molar-refractivity contribution is 0.165. The number of aliphatic hydroxyl groups is 1. The average molecular weight is 1070 g/mol. The molecule has 2 fully saturated rings. The van der Waals surface area contributed by atoms with E-state index in [9.17, 15) is 21.9 Å². The number of piperidine rings is 2. The Hall–Kier alpha value is -5.26. The molecule has 6 heterocycles. The highest BCUT2D eigenvalue weighted by Crippen LogP contribution is 2.47. The quantitative estimate of drug-likeness (QED) is 0.133. The van der Waals surface area contributed by atoms with E-state index in [-0.39, 0.29) is 32.6 Å². The van der Waals surface area contributed by atoms with Crippen LogP contribution in [0.3, 0.4) is 0 Å². The average Bonchev–Trinajstić information content (AvgIpc) is 3.91. The summed E-state index contributed by atoms with van der Waals surface area (Å²) in [5, 5.41) is 12.1. The zero-order valence-corrected chi connectivity index (χ0v) is 43.6. The molecule has 0 saturated carbocycles. The highest BCUT2D eigenvalue weighted by Gasteiger charge is 2.38. The van der Waals surface area contributed by atoms with Crippen LogP contribution in [0.4, 0.5) is 0 Å². The molecule has 0 radical (unpaired) electrons. The molecule has 1 N–H and O–H groups in total. The Morgan fingerprint density at radius 2 is 1.15 bits per heavy atom. The first-order valence-corrected chi connectivity index (χ1v) is 28.6. The maximum Gasteiger partial charge on any atom is 0.211 e. The van der Waals surface area contributed by atoms with Crippen molar-refractivity contribution in [2.24, 2.45) is 25.9 Å². The molecule has 13 nitrogen and oxygen atoms in total. The second-order valence-corrected chi connectivity index (χ2v) is 24.1. The van der Waals surface area contributed by atoms with Crippen LogP contribution in [0.1, 0.15) is 134 Å². The van der Waals surface area contributed by atoms with Crippen LogP contribution in [0.15, 0.2) is 104 Å². The first-order valence-electron chi connectivity index (χ1n) is 24.1. The minimum absolute atomic E-state index is 0. The highest BCUT2D eigenvalue weighted by molar-refractivity contribution is 7.88. The Bertz CT molecular complexity index is 3220. The van der Waals surface area contributed by atoms with Crippen molar-refractivity contribution in [2.75, 3.05) is 38.7 Å². The number of hydrogen-bond donors (Lipinski definition) is 1. The van der Waals surface area contributed by atoms with E-state index in [1.165, 1.54) is 23.6 Å². The van der Waals surface area contributed by atoms with Gasteiger partial charge in [0.25, 0.3) is 0 Å². The second kappa shape index (κ2) is 23.5. The molecule has 2 aromatic carbocycles. The zero-order valence-electron chi connectivity index (χ0n) is 40.4. The van der Waals surface area contributed by atoms with Gasteiger partial charge in [0, 0.05) is 92.5 Å². The van der Waals surface area contributed by atoms with Crippen molar-refractivity contribution in [3.05, 3.63) is 170 Å². The minimum Gasteiger partial charge on any atom is -0.387 e. The van der Waals surface area contributed by atoms with E-state index in [2.05, 4.69) is 52.5 Å². The lowest BCUT2D eigenvalue weighted by Gasteiger charge is -2.35. The smallest absolute Gasteiger partial charge is 0.211 e. The molecule has 4 aromatic heterocycles. The normalized spacial score (nSPS) is 19.0. The van der Waals surface area contributed by atoms with Crippen molar-refractivity contribution < 1.29 is 21.9 Å². The number of hydrogen-bond acceptors (Lipinski definition) is 9. The van der Waals surface area contributed by atoms with Gasteiger partial charge in [-0.15, -0.1) is 0 Å². The SMILES string of the molecule is C.C.Cn1cnc(/C=C/CC2=Cc3cc(Cl)ccc3C(C3CCN(S(C)(=O)=O)CC3)c3ncccc32)c1.Cn1cnc(C(O)CCC2=Cc3cc(Cl)ccc3C(C3CCN(S(C)(=O)=O)CC3)c3ncccc32)c1. The van der Waals surface area contributed by atoms with Crippen LogP contribution in [0.2, 0.25) is 10.0 Å². The van der Waals surface area contributed by atoms with Crippen LogP contribution < -0.4 is 0 Å². The Kier molecular flexibility index (Phi) is 17.9. The summed E-state index contributed by atoms with van der Waals surface area (Å²) in [5.74, 6) is 0.653. The van der Waals surface area contributed by atoms with Crippen molar-refractivity contribution >= 4 is 72.6 Å². The summed E-state index contributed by atoms with van der Waals surface area (Å²) in [6, 6.07) is 20.3. The van der Waals surface area contributed by atoms with Crippen LogP contribution >= 0.6 is 23.2 Å². The molecule has 0 amide bonds. The van der Waals surface area contributed by atoms with Crippen molar-refractivity contribution in [3.63, 3.8) is 0 Å². The summed E-state index contributed by atoms with van der Waals surface area (Å²) in [6.07, 6.45) is 26.6. The number of sulfonamides is 2. The van der Waals surface area contributed by atoms with Crippen LogP contribution in [-0.2, 0) is 34.1 Å². The molecule has 0 bridgehead atoms. The molecule has 10 rings (SSSR count). The van der Waals surface area contributed by atoms with E-state index in [0.29, 0.717) is 60.7 Å². The molecule has 0 spiro atoms. The molecule has 4 aliphatic rings. The van der Waals surface area contributed by atoms with Gasteiger partial charge in [0.15, 0.2) is 0 Å². The molecular weight excluding hydrogens is 1000 g/mol. The van der Waals surface area contributed by atoms with Crippen LogP contribution in [0.5, 0.6) is 0 Å². The molecule has 2 aliphatic carbocycles. The topological polar surface area (TPSA) is 156 Å². The molecule has 6 aromatic rings. The van der Waals surface area contributed by atoms with Gasteiger partial charge >= 0.3 is 0 Å². The molecule has 17 heteroatoms. The largest absolute Gasteiger partial charge is 0.387 e. The van der Waals surface area contributed by atoms with E-state index in [4.69, 9.17) is 33.2 Å². The molecule has 73 heavy (non-hydrogen) atoms. The van der Waals surface area contributed by atoms with Gasteiger partial charge < -0.3 is 14.2 Å².